The van der Waals surface area contributed by atoms with Crippen LogP contribution in [0.3, 0.4) is 0 Å². The number of hydrogen-bond acceptors (Lipinski definition) is 3. The lowest BCUT2D eigenvalue weighted by molar-refractivity contribution is -0.132. The molecule has 1 rings (SSSR count). The van der Waals surface area contributed by atoms with E-state index in [2.05, 4.69) is 18.9 Å². The first-order valence-corrected chi connectivity index (χ1v) is 6.64. The Kier molecular flexibility index (Phi) is 5.40. The number of carbonyl (C=O) groups excluding carboxylic acids is 1. The molecule has 0 saturated carbocycles. The van der Waals surface area contributed by atoms with E-state index in [0.717, 1.165) is 26.1 Å². The van der Waals surface area contributed by atoms with E-state index in [-0.39, 0.29) is 17.9 Å². The third-order valence-electron chi connectivity index (χ3n) is 3.94. The fourth-order valence-corrected chi connectivity index (χ4v) is 2.40. The molecule has 4 heteroatoms. The van der Waals surface area contributed by atoms with Crippen molar-refractivity contribution < 1.29 is 4.79 Å². The lowest BCUT2D eigenvalue weighted by Crippen LogP contribution is -2.47. The molecule has 1 aliphatic rings. The molecule has 0 bridgehead atoms. The summed E-state index contributed by atoms with van der Waals surface area (Å²) in [7, 11) is 4.01. The fraction of sp³-hybridized carbons (Fsp3) is 0.923. The molecule has 0 aromatic rings. The highest BCUT2D eigenvalue weighted by atomic mass is 16.2. The van der Waals surface area contributed by atoms with E-state index in [0.29, 0.717) is 5.92 Å². The van der Waals surface area contributed by atoms with Crippen molar-refractivity contribution in [1.29, 1.82) is 0 Å². The molecule has 100 valence electrons. The first-order valence-electron chi connectivity index (χ1n) is 6.64. The molecule has 2 N–H and O–H groups in total. The summed E-state index contributed by atoms with van der Waals surface area (Å²) in [5, 5.41) is 0. The van der Waals surface area contributed by atoms with Gasteiger partial charge in [-0.2, -0.15) is 0 Å². The molecule has 0 aromatic heterocycles. The fourth-order valence-electron chi connectivity index (χ4n) is 2.40. The third-order valence-corrected chi connectivity index (χ3v) is 3.94. The average Bonchev–Trinajstić information content (AvgIpc) is 2.71. The second-order valence-electron chi connectivity index (χ2n) is 5.55. The van der Waals surface area contributed by atoms with Crippen LogP contribution >= 0.6 is 0 Å². The molecular weight excluding hydrogens is 214 g/mol. The summed E-state index contributed by atoms with van der Waals surface area (Å²) in [6, 6.07) is -0.343. The van der Waals surface area contributed by atoms with Gasteiger partial charge in [0.1, 0.15) is 0 Å². The number of likely N-dealkylation sites (tertiary alicyclic amines) is 1. The maximum absolute atomic E-state index is 12.1. The number of amides is 1. The summed E-state index contributed by atoms with van der Waals surface area (Å²) in [5.41, 5.74) is 5.97. The molecule has 1 saturated heterocycles. The van der Waals surface area contributed by atoms with Crippen LogP contribution in [0.2, 0.25) is 0 Å². The van der Waals surface area contributed by atoms with Gasteiger partial charge in [0.05, 0.1) is 6.04 Å². The van der Waals surface area contributed by atoms with Crippen molar-refractivity contribution in [3.05, 3.63) is 0 Å². The molecule has 1 heterocycles. The van der Waals surface area contributed by atoms with Crippen molar-refractivity contribution in [2.45, 2.75) is 32.7 Å². The van der Waals surface area contributed by atoms with Gasteiger partial charge in [-0.25, -0.2) is 0 Å². The van der Waals surface area contributed by atoms with Gasteiger partial charge >= 0.3 is 0 Å². The van der Waals surface area contributed by atoms with Crippen LogP contribution in [0.4, 0.5) is 0 Å². The lowest BCUT2D eigenvalue weighted by atomic mass is 9.98. The number of hydrogen-bond donors (Lipinski definition) is 1. The first-order chi connectivity index (χ1) is 7.95. The molecule has 1 amide bonds. The van der Waals surface area contributed by atoms with Crippen LogP contribution < -0.4 is 5.73 Å². The summed E-state index contributed by atoms with van der Waals surface area (Å²) in [6.45, 7) is 7.19. The van der Waals surface area contributed by atoms with Gasteiger partial charge in [-0.15, -0.1) is 0 Å². The van der Waals surface area contributed by atoms with Crippen LogP contribution in [0.1, 0.15) is 26.7 Å². The summed E-state index contributed by atoms with van der Waals surface area (Å²) >= 11 is 0. The predicted molar refractivity (Wildman–Crippen MR) is 70.7 cm³/mol. The van der Waals surface area contributed by atoms with Crippen LogP contribution in [-0.2, 0) is 4.79 Å². The zero-order valence-corrected chi connectivity index (χ0v) is 11.6. The van der Waals surface area contributed by atoms with Gasteiger partial charge in [0.2, 0.25) is 5.91 Å². The highest BCUT2D eigenvalue weighted by Crippen LogP contribution is 2.16. The topological polar surface area (TPSA) is 49.6 Å². The predicted octanol–water partition coefficient (Wildman–Crippen LogP) is 0.770. The third kappa shape index (κ3) is 3.96. The molecule has 0 aliphatic carbocycles. The zero-order valence-electron chi connectivity index (χ0n) is 11.6. The number of nitrogens with two attached hydrogens (primary N) is 1. The first kappa shape index (κ1) is 14.5. The molecular formula is C13H27N3O. The Hall–Kier alpha value is -0.610. The molecule has 0 spiro atoms. The molecule has 0 aromatic carbocycles. The summed E-state index contributed by atoms with van der Waals surface area (Å²) < 4.78 is 0. The van der Waals surface area contributed by atoms with Crippen LogP contribution in [0.5, 0.6) is 0 Å². The van der Waals surface area contributed by atoms with E-state index in [4.69, 9.17) is 5.73 Å². The van der Waals surface area contributed by atoms with Crippen LogP contribution in [0.15, 0.2) is 0 Å². The van der Waals surface area contributed by atoms with Gasteiger partial charge in [0.15, 0.2) is 0 Å². The molecule has 4 nitrogen and oxygen atoms in total. The van der Waals surface area contributed by atoms with Crippen molar-refractivity contribution in [3.8, 4) is 0 Å². The Labute approximate surface area is 105 Å². The highest BCUT2D eigenvalue weighted by molar-refractivity contribution is 5.81. The standard InChI is InChI=1S/C13H27N3O/c1-5-10(2)12(14)13(17)16(4)9-11-6-7-15(3)8-11/h10-12H,5-9,14H2,1-4H3. The van der Waals surface area contributed by atoms with E-state index in [1.165, 1.54) is 6.42 Å². The van der Waals surface area contributed by atoms with E-state index in [1.54, 1.807) is 0 Å². The van der Waals surface area contributed by atoms with Crippen molar-refractivity contribution in [2.75, 3.05) is 33.7 Å². The van der Waals surface area contributed by atoms with Gasteiger partial charge in [-0.05, 0) is 31.8 Å². The van der Waals surface area contributed by atoms with E-state index in [1.807, 2.05) is 18.9 Å². The summed E-state index contributed by atoms with van der Waals surface area (Å²) in [5.74, 6) is 0.961. The zero-order chi connectivity index (χ0) is 13.0. The molecule has 3 atom stereocenters. The Balaban J connectivity index is 2.41. The Bertz CT molecular complexity index is 257. The molecule has 3 unspecified atom stereocenters. The number of carbonyl (C=O) groups is 1. The molecule has 0 radical (unpaired) electrons. The van der Waals surface area contributed by atoms with E-state index in [9.17, 15) is 4.79 Å². The Morgan fingerprint density at radius 3 is 2.71 bits per heavy atom. The summed E-state index contributed by atoms with van der Waals surface area (Å²) in [6.07, 6.45) is 2.14. The molecule has 1 fully saturated rings. The van der Waals surface area contributed by atoms with Crippen molar-refractivity contribution in [3.63, 3.8) is 0 Å². The lowest BCUT2D eigenvalue weighted by Gasteiger charge is -2.26. The van der Waals surface area contributed by atoms with Gasteiger partial charge < -0.3 is 15.5 Å². The van der Waals surface area contributed by atoms with Gasteiger partial charge in [-0.1, -0.05) is 20.3 Å². The quantitative estimate of drug-likeness (QED) is 0.773. The second kappa shape index (κ2) is 6.36. The van der Waals surface area contributed by atoms with Crippen molar-refractivity contribution in [2.24, 2.45) is 17.6 Å². The van der Waals surface area contributed by atoms with Gasteiger partial charge in [-0.3, -0.25) is 4.79 Å². The number of nitrogens with zero attached hydrogens (tertiary/aromatic N) is 2. The molecule has 17 heavy (non-hydrogen) atoms. The van der Waals surface area contributed by atoms with E-state index < -0.39 is 0 Å². The minimum Gasteiger partial charge on any atom is -0.344 e. The highest BCUT2D eigenvalue weighted by Gasteiger charge is 2.26. The minimum absolute atomic E-state index is 0.0916. The normalized spacial score (nSPS) is 24.6. The van der Waals surface area contributed by atoms with Gasteiger partial charge in [0, 0.05) is 20.1 Å². The van der Waals surface area contributed by atoms with E-state index >= 15 is 0 Å². The Morgan fingerprint density at radius 1 is 1.59 bits per heavy atom. The maximum atomic E-state index is 12.1. The van der Waals surface area contributed by atoms with Crippen LogP contribution in [0, 0.1) is 11.8 Å². The van der Waals surface area contributed by atoms with Crippen molar-refractivity contribution in [1.82, 2.24) is 9.80 Å². The monoisotopic (exact) mass is 241 g/mol. The second-order valence-corrected chi connectivity index (χ2v) is 5.55. The van der Waals surface area contributed by atoms with Crippen LogP contribution in [-0.4, -0.2) is 55.5 Å². The van der Waals surface area contributed by atoms with Crippen LogP contribution in [0.25, 0.3) is 0 Å². The number of rotatable bonds is 5. The SMILES string of the molecule is CCC(C)C(N)C(=O)N(C)CC1CCN(C)C1. The van der Waals surface area contributed by atoms with Crippen molar-refractivity contribution >= 4 is 5.91 Å². The number of likely N-dealkylation sites (N-methyl/N-ethyl adjacent to an activating group) is 1. The average molecular weight is 241 g/mol. The smallest absolute Gasteiger partial charge is 0.239 e. The largest absolute Gasteiger partial charge is 0.344 e. The molecule has 1 aliphatic heterocycles. The Morgan fingerprint density at radius 2 is 2.24 bits per heavy atom. The van der Waals surface area contributed by atoms with Gasteiger partial charge in [0.25, 0.3) is 0 Å². The summed E-state index contributed by atoms with van der Waals surface area (Å²) in [4.78, 5) is 16.2. The maximum Gasteiger partial charge on any atom is 0.239 e. The minimum atomic E-state index is -0.343.